The molecule has 0 unspecified atom stereocenters. The van der Waals surface area contributed by atoms with E-state index in [-0.39, 0.29) is 5.82 Å². The molecule has 0 amide bonds. The number of aromatic nitrogens is 1. The molecule has 1 heterocycles. The summed E-state index contributed by atoms with van der Waals surface area (Å²) in [5.41, 5.74) is -0.665. The second kappa shape index (κ2) is 4.06. The highest BCUT2D eigenvalue weighted by atomic mass is 79.9. The van der Waals surface area contributed by atoms with Gasteiger partial charge in [0, 0.05) is 17.2 Å². The average molecular weight is 275 g/mol. The van der Waals surface area contributed by atoms with Crippen LogP contribution in [0.15, 0.2) is 16.7 Å². The van der Waals surface area contributed by atoms with Gasteiger partial charge in [0.15, 0.2) is 11.6 Å². The van der Waals surface area contributed by atoms with Crippen LogP contribution in [-0.4, -0.2) is 22.2 Å². The monoisotopic (exact) mass is 274 g/mol. The number of anilines is 1. The van der Waals surface area contributed by atoms with Crippen molar-refractivity contribution in [1.82, 2.24) is 4.98 Å². The Morgan fingerprint density at radius 2 is 2.33 bits per heavy atom. The van der Waals surface area contributed by atoms with Gasteiger partial charge in [0.25, 0.3) is 0 Å². The molecule has 0 aromatic carbocycles. The SMILES string of the molecule is OC1(CNc2ncc(Br)cc2F)CCC1. The van der Waals surface area contributed by atoms with E-state index < -0.39 is 11.4 Å². The molecule has 1 fully saturated rings. The van der Waals surface area contributed by atoms with Gasteiger partial charge in [-0.1, -0.05) is 0 Å². The highest BCUT2D eigenvalue weighted by Crippen LogP contribution is 2.31. The first-order chi connectivity index (χ1) is 7.09. The molecule has 0 bridgehead atoms. The second-order valence-corrected chi connectivity index (χ2v) is 4.83. The van der Waals surface area contributed by atoms with Crippen LogP contribution in [0.1, 0.15) is 19.3 Å². The third-order valence-corrected chi connectivity index (χ3v) is 3.11. The Kier molecular flexibility index (Phi) is 2.93. The zero-order valence-electron chi connectivity index (χ0n) is 8.13. The van der Waals surface area contributed by atoms with E-state index in [1.807, 2.05) is 0 Å². The number of hydrogen-bond acceptors (Lipinski definition) is 3. The zero-order chi connectivity index (χ0) is 10.9. The fourth-order valence-electron chi connectivity index (χ4n) is 1.55. The Bertz CT molecular complexity index is 368. The maximum Gasteiger partial charge on any atom is 0.166 e. The molecule has 15 heavy (non-hydrogen) atoms. The minimum absolute atomic E-state index is 0.193. The summed E-state index contributed by atoms with van der Waals surface area (Å²) in [7, 11) is 0. The molecule has 2 rings (SSSR count). The van der Waals surface area contributed by atoms with Gasteiger partial charge >= 0.3 is 0 Å². The molecule has 0 radical (unpaired) electrons. The van der Waals surface area contributed by atoms with Gasteiger partial charge in [-0.3, -0.25) is 0 Å². The Balaban J connectivity index is 1.98. The third kappa shape index (κ3) is 2.46. The summed E-state index contributed by atoms with van der Waals surface area (Å²) in [4.78, 5) is 3.90. The Labute approximate surface area is 95.8 Å². The largest absolute Gasteiger partial charge is 0.388 e. The van der Waals surface area contributed by atoms with E-state index in [2.05, 4.69) is 26.2 Å². The second-order valence-electron chi connectivity index (χ2n) is 3.92. The summed E-state index contributed by atoms with van der Waals surface area (Å²) in [6.45, 7) is 0.360. The zero-order valence-corrected chi connectivity index (χ0v) is 9.72. The molecule has 0 saturated heterocycles. The molecule has 1 aromatic rings. The number of aliphatic hydroxyl groups is 1. The van der Waals surface area contributed by atoms with Crippen LogP contribution < -0.4 is 5.32 Å². The van der Waals surface area contributed by atoms with Crippen LogP contribution >= 0.6 is 15.9 Å². The van der Waals surface area contributed by atoms with E-state index in [1.165, 1.54) is 12.3 Å². The van der Waals surface area contributed by atoms with Crippen LogP contribution in [0.25, 0.3) is 0 Å². The summed E-state index contributed by atoms with van der Waals surface area (Å²) in [6, 6.07) is 1.35. The van der Waals surface area contributed by atoms with E-state index in [1.54, 1.807) is 0 Å². The molecule has 1 saturated carbocycles. The predicted molar refractivity (Wildman–Crippen MR) is 59.2 cm³/mol. The number of pyridine rings is 1. The molecule has 1 aliphatic carbocycles. The van der Waals surface area contributed by atoms with E-state index in [0.717, 1.165) is 19.3 Å². The van der Waals surface area contributed by atoms with Crippen LogP contribution in [0, 0.1) is 5.82 Å². The molecule has 0 atom stereocenters. The molecular weight excluding hydrogens is 263 g/mol. The number of hydrogen-bond donors (Lipinski definition) is 2. The predicted octanol–water partition coefficient (Wildman–Crippen LogP) is 2.31. The summed E-state index contributed by atoms with van der Waals surface area (Å²) < 4.78 is 13.9. The van der Waals surface area contributed by atoms with Crippen molar-refractivity contribution in [3.05, 3.63) is 22.6 Å². The molecule has 0 aliphatic heterocycles. The van der Waals surface area contributed by atoms with Gasteiger partial charge in [-0.2, -0.15) is 0 Å². The molecule has 1 aliphatic rings. The number of rotatable bonds is 3. The van der Waals surface area contributed by atoms with Crippen molar-refractivity contribution in [2.24, 2.45) is 0 Å². The van der Waals surface area contributed by atoms with Crippen molar-refractivity contribution in [3.8, 4) is 0 Å². The standard InChI is InChI=1S/C10H12BrFN2O/c11-7-4-8(12)9(13-5-7)14-6-10(15)2-1-3-10/h4-5,15H,1-3,6H2,(H,13,14). The fourth-order valence-corrected chi connectivity index (χ4v) is 1.86. The quantitative estimate of drug-likeness (QED) is 0.889. The van der Waals surface area contributed by atoms with E-state index in [9.17, 15) is 9.50 Å². The van der Waals surface area contributed by atoms with Gasteiger partial charge in [-0.15, -0.1) is 0 Å². The number of nitrogens with zero attached hydrogens (tertiary/aromatic N) is 1. The first-order valence-electron chi connectivity index (χ1n) is 4.86. The maximum atomic E-state index is 13.3. The summed E-state index contributed by atoms with van der Waals surface area (Å²) >= 11 is 3.13. The molecule has 0 spiro atoms. The van der Waals surface area contributed by atoms with Crippen molar-refractivity contribution < 1.29 is 9.50 Å². The first kappa shape index (κ1) is 10.8. The van der Waals surface area contributed by atoms with Crippen molar-refractivity contribution in [3.63, 3.8) is 0 Å². The minimum Gasteiger partial charge on any atom is -0.388 e. The lowest BCUT2D eigenvalue weighted by atomic mass is 9.80. The molecule has 3 nitrogen and oxygen atoms in total. The summed E-state index contributed by atoms with van der Waals surface area (Å²) in [5.74, 6) is -0.217. The number of nitrogens with one attached hydrogen (secondary N) is 1. The van der Waals surface area contributed by atoms with Gasteiger partial charge < -0.3 is 10.4 Å². The Morgan fingerprint density at radius 3 is 2.87 bits per heavy atom. The van der Waals surface area contributed by atoms with Gasteiger partial charge in [0.1, 0.15) is 0 Å². The van der Waals surface area contributed by atoms with Crippen molar-refractivity contribution in [2.75, 3.05) is 11.9 Å². The highest BCUT2D eigenvalue weighted by molar-refractivity contribution is 9.10. The van der Waals surface area contributed by atoms with Crippen molar-refractivity contribution >= 4 is 21.7 Å². The van der Waals surface area contributed by atoms with Crippen LogP contribution in [-0.2, 0) is 0 Å². The van der Waals surface area contributed by atoms with E-state index in [0.29, 0.717) is 11.0 Å². The van der Waals surface area contributed by atoms with Gasteiger partial charge in [-0.05, 0) is 41.3 Å². The van der Waals surface area contributed by atoms with Gasteiger partial charge in [0.2, 0.25) is 0 Å². The fraction of sp³-hybridized carbons (Fsp3) is 0.500. The lowest BCUT2D eigenvalue weighted by molar-refractivity contribution is -0.0203. The average Bonchev–Trinajstić information content (AvgIpc) is 2.14. The smallest absolute Gasteiger partial charge is 0.166 e. The van der Waals surface area contributed by atoms with Crippen molar-refractivity contribution in [2.45, 2.75) is 24.9 Å². The van der Waals surface area contributed by atoms with Crippen molar-refractivity contribution in [1.29, 1.82) is 0 Å². The normalized spacial score (nSPS) is 18.3. The Morgan fingerprint density at radius 1 is 1.60 bits per heavy atom. The molecule has 5 heteroatoms. The van der Waals surface area contributed by atoms with E-state index >= 15 is 0 Å². The van der Waals surface area contributed by atoms with E-state index in [4.69, 9.17) is 0 Å². The topological polar surface area (TPSA) is 45.1 Å². The molecule has 2 N–H and O–H groups in total. The first-order valence-corrected chi connectivity index (χ1v) is 5.66. The highest BCUT2D eigenvalue weighted by Gasteiger charge is 2.34. The third-order valence-electron chi connectivity index (χ3n) is 2.68. The molecular formula is C10H12BrFN2O. The van der Waals surface area contributed by atoms with Crippen LogP contribution in [0.3, 0.4) is 0 Å². The maximum absolute atomic E-state index is 13.3. The summed E-state index contributed by atoms with van der Waals surface area (Å²) in [5, 5.41) is 12.6. The minimum atomic E-state index is -0.665. The number of halogens is 2. The summed E-state index contributed by atoms with van der Waals surface area (Å²) in [6.07, 6.45) is 4.11. The lowest BCUT2D eigenvalue weighted by Crippen LogP contribution is -2.43. The van der Waals surface area contributed by atoms with Gasteiger partial charge in [-0.25, -0.2) is 9.37 Å². The molecule has 82 valence electrons. The Hall–Kier alpha value is -0.680. The van der Waals surface area contributed by atoms with Crippen LogP contribution in [0.2, 0.25) is 0 Å². The van der Waals surface area contributed by atoms with Crippen LogP contribution in [0.4, 0.5) is 10.2 Å². The molecule has 1 aromatic heterocycles. The van der Waals surface area contributed by atoms with Crippen LogP contribution in [0.5, 0.6) is 0 Å². The lowest BCUT2D eigenvalue weighted by Gasteiger charge is -2.36. The van der Waals surface area contributed by atoms with Gasteiger partial charge in [0.05, 0.1) is 5.60 Å².